The first-order chi connectivity index (χ1) is 9.63. The standard InChI is InChI=1S/C12H11N5O3/c13-11-7(4-14-17-11)12(19)15-6-1-2-8-9(3-6)20-5-10(18)16-8/h1-4H,5H2,(H,15,19)(H,16,18)(H3,13,14,17). The molecule has 8 nitrogen and oxygen atoms in total. The topological polar surface area (TPSA) is 122 Å². The molecule has 0 unspecified atom stereocenters. The molecule has 0 radical (unpaired) electrons. The van der Waals surface area contributed by atoms with Crippen LogP contribution in [0.3, 0.4) is 0 Å². The van der Waals surface area contributed by atoms with Crippen molar-refractivity contribution in [3.8, 4) is 5.75 Å². The number of nitrogen functional groups attached to an aromatic ring is 1. The second kappa shape index (κ2) is 4.57. The molecule has 3 rings (SSSR count). The Morgan fingerprint density at radius 1 is 1.45 bits per heavy atom. The van der Waals surface area contributed by atoms with Gasteiger partial charge in [-0.3, -0.25) is 14.7 Å². The predicted octanol–water partition coefficient (Wildman–Crippen LogP) is 0.575. The maximum atomic E-state index is 12.0. The van der Waals surface area contributed by atoms with Crippen molar-refractivity contribution in [2.45, 2.75) is 0 Å². The summed E-state index contributed by atoms with van der Waals surface area (Å²) in [4.78, 5) is 23.1. The Morgan fingerprint density at radius 3 is 3.05 bits per heavy atom. The van der Waals surface area contributed by atoms with Crippen LogP contribution in [0.4, 0.5) is 17.2 Å². The van der Waals surface area contributed by atoms with Gasteiger partial charge in [-0.05, 0) is 12.1 Å². The quantitative estimate of drug-likeness (QED) is 0.637. The van der Waals surface area contributed by atoms with Gasteiger partial charge in [-0.15, -0.1) is 0 Å². The third-order valence-corrected chi connectivity index (χ3v) is 2.79. The fourth-order valence-electron chi connectivity index (χ4n) is 1.83. The number of rotatable bonds is 2. The summed E-state index contributed by atoms with van der Waals surface area (Å²) >= 11 is 0. The van der Waals surface area contributed by atoms with Crippen molar-refractivity contribution in [2.75, 3.05) is 23.0 Å². The molecule has 0 spiro atoms. The Hall–Kier alpha value is -3.03. The lowest BCUT2D eigenvalue weighted by Gasteiger charge is -2.18. The molecule has 2 heterocycles. The lowest BCUT2D eigenvalue weighted by atomic mass is 10.2. The molecule has 0 bridgehead atoms. The number of ether oxygens (including phenoxy) is 1. The molecule has 1 aromatic carbocycles. The molecule has 1 aromatic heterocycles. The average molecular weight is 273 g/mol. The molecule has 0 aliphatic carbocycles. The Bertz CT molecular complexity index is 694. The van der Waals surface area contributed by atoms with E-state index in [0.717, 1.165) is 0 Å². The number of hydrogen-bond donors (Lipinski definition) is 4. The second-order valence-corrected chi connectivity index (χ2v) is 4.20. The summed E-state index contributed by atoms with van der Waals surface area (Å²) in [5.41, 5.74) is 6.94. The van der Waals surface area contributed by atoms with Gasteiger partial charge in [0.15, 0.2) is 6.61 Å². The van der Waals surface area contributed by atoms with E-state index in [4.69, 9.17) is 10.5 Å². The van der Waals surface area contributed by atoms with Crippen molar-refractivity contribution in [3.05, 3.63) is 30.0 Å². The second-order valence-electron chi connectivity index (χ2n) is 4.20. The zero-order valence-electron chi connectivity index (χ0n) is 10.3. The zero-order valence-corrected chi connectivity index (χ0v) is 10.3. The number of carbonyl (C=O) groups excluding carboxylic acids is 2. The van der Waals surface area contributed by atoms with Crippen molar-refractivity contribution in [1.29, 1.82) is 0 Å². The van der Waals surface area contributed by atoms with E-state index in [-0.39, 0.29) is 29.8 Å². The van der Waals surface area contributed by atoms with E-state index in [2.05, 4.69) is 20.8 Å². The summed E-state index contributed by atoms with van der Waals surface area (Å²) in [6.45, 7) is -0.0426. The van der Waals surface area contributed by atoms with E-state index in [1.807, 2.05) is 0 Å². The van der Waals surface area contributed by atoms with Crippen LogP contribution in [0.1, 0.15) is 10.4 Å². The van der Waals surface area contributed by atoms with Gasteiger partial charge in [0.05, 0.1) is 11.9 Å². The van der Waals surface area contributed by atoms with Gasteiger partial charge in [0.25, 0.3) is 11.8 Å². The van der Waals surface area contributed by atoms with E-state index < -0.39 is 0 Å². The number of anilines is 3. The molecule has 20 heavy (non-hydrogen) atoms. The molecule has 1 aliphatic rings. The van der Waals surface area contributed by atoms with Crippen LogP contribution in [-0.4, -0.2) is 28.6 Å². The van der Waals surface area contributed by atoms with E-state index in [1.54, 1.807) is 18.2 Å². The number of nitrogens with zero attached hydrogens (tertiary/aromatic N) is 1. The van der Waals surface area contributed by atoms with Gasteiger partial charge >= 0.3 is 0 Å². The van der Waals surface area contributed by atoms with Crippen molar-refractivity contribution in [2.24, 2.45) is 0 Å². The van der Waals surface area contributed by atoms with Gasteiger partial charge in [0, 0.05) is 11.8 Å². The minimum Gasteiger partial charge on any atom is -0.482 e. The Morgan fingerprint density at radius 2 is 2.30 bits per heavy atom. The van der Waals surface area contributed by atoms with E-state index in [9.17, 15) is 9.59 Å². The first-order valence-corrected chi connectivity index (χ1v) is 5.80. The lowest BCUT2D eigenvalue weighted by molar-refractivity contribution is -0.118. The highest BCUT2D eigenvalue weighted by Gasteiger charge is 2.17. The van der Waals surface area contributed by atoms with Crippen LogP contribution < -0.4 is 21.1 Å². The third kappa shape index (κ3) is 2.14. The molecule has 2 aromatic rings. The molecule has 0 fully saturated rings. The van der Waals surface area contributed by atoms with Gasteiger partial charge < -0.3 is 21.1 Å². The van der Waals surface area contributed by atoms with Crippen molar-refractivity contribution in [1.82, 2.24) is 10.2 Å². The number of aromatic nitrogens is 2. The van der Waals surface area contributed by atoms with Crippen LogP contribution in [-0.2, 0) is 4.79 Å². The summed E-state index contributed by atoms with van der Waals surface area (Å²) in [5, 5.41) is 11.5. The van der Waals surface area contributed by atoms with Crippen LogP contribution in [0, 0.1) is 0 Å². The highest BCUT2D eigenvalue weighted by atomic mass is 16.5. The Labute approximate surface area is 113 Å². The Balaban J connectivity index is 1.80. The summed E-state index contributed by atoms with van der Waals surface area (Å²) in [6, 6.07) is 4.94. The van der Waals surface area contributed by atoms with Gasteiger partial charge in [-0.25, -0.2) is 0 Å². The van der Waals surface area contributed by atoms with Crippen molar-refractivity contribution in [3.63, 3.8) is 0 Å². The largest absolute Gasteiger partial charge is 0.482 e. The number of aromatic amines is 1. The van der Waals surface area contributed by atoms with Crippen LogP contribution in [0.15, 0.2) is 24.4 Å². The van der Waals surface area contributed by atoms with Crippen LogP contribution >= 0.6 is 0 Å². The molecule has 1 aliphatic heterocycles. The molecular weight excluding hydrogens is 262 g/mol. The highest BCUT2D eigenvalue weighted by Crippen LogP contribution is 2.30. The number of nitrogens with one attached hydrogen (secondary N) is 3. The molecule has 8 heteroatoms. The van der Waals surface area contributed by atoms with Crippen molar-refractivity contribution < 1.29 is 14.3 Å². The SMILES string of the molecule is Nc1[nH]ncc1C(=O)Nc1ccc2c(c1)OCC(=O)N2. The lowest BCUT2D eigenvalue weighted by Crippen LogP contribution is -2.25. The number of H-pyrrole nitrogens is 1. The molecule has 2 amide bonds. The molecule has 0 atom stereocenters. The Kier molecular flexibility index (Phi) is 2.75. The average Bonchev–Trinajstić information content (AvgIpc) is 2.85. The van der Waals surface area contributed by atoms with Crippen LogP contribution in [0.2, 0.25) is 0 Å². The highest BCUT2D eigenvalue weighted by molar-refractivity contribution is 6.07. The fraction of sp³-hybridized carbons (Fsp3) is 0.0833. The predicted molar refractivity (Wildman–Crippen MR) is 71.5 cm³/mol. The first kappa shape index (κ1) is 12.0. The monoisotopic (exact) mass is 273 g/mol. The molecule has 0 saturated carbocycles. The van der Waals surface area contributed by atoms with E-state index in [0.29, 0.717) is 17.1 Å². The number of nitrogens with two attached hydrogens (primary N) is 1. The maximum Gasteiger partial charge on any atom is 0.262 e. The summed E-state index contributed by atoms with van der Waals surface area (Å²) in [5.74, 6) is 0.114. The van der Waals surface area contributed by atoms with E-state index in [1.165, 1.54) is 6.20 Å². The molecular formula is C12H11N5O3. The summed E-state index contributed by atoms with van der Waals surface area (Å²) < 4.78 is 5.27. The zero-order chi connectivity index (χ0) is 14.1. The summed E-state index contributed by atoms with van der Waals surface area (Å²) in [6.07, 6.45) is 1.35. The number of carbonyl (C=O) groups is 2. The fourth-order valence-corrected chi connectivity index (χ4v) is 1.83. The molecule has 102 valence electrons. The van der Waals surface area contributed by atoms with Crippen LogP contribution in [0.25, 0.3) is 0 Å². The minimum atomic E-state index is -0.379. The third-order valence-electron chi connectivity index (χ3n) is 2.79. The number of fused-ring (bicyclic) bond motifs is 1. The summed E-state index contributed by atoms with van der Waals surface area (Å²) in [7, 11) is 0. The van der Waals surface area contributed by atoms with Gasteiger partial charge in [-0.1, -0.05) is 0 Å². The van der Waals surface area contributed by atoms with Gasteiger partial charge in [0.2, 0.25) is 0 Å². The smallest absolute Gasteiger partial charge is 0.262 e. The molecule has 5 N–H and O–H groups in total. The molecule has 0 saturated heterocycles. The van der Waals surface area contributed by atoms with Gasteiger partial charge in [-0.2, -0.15) is 5.10 Å². The van der Waals surface area contributed by atoms with E-state index >= 15 is 0 Å². The number of amides is 2. The van der Waals surface area contributed by atoms with Gasteiger partial charge in [0.1, 0.15) is 17.1 Å². The maximum absolute atomic E-state index is 12.0. The van der Waals surface area contributed by atoms with Crippen molar-refractivity contribution >= 4 is 29.0 Å². The number of hydrogen-bond acceptors (Lipinski definition) is 5. The minimum absolute atomic E-state index is 0.0426. The first-order valence-electron chi connectivity index (χ1n) is 5.80. The normalized spacial score (nSPS) is 13.1. The van der Waals surface area contributed by atoms with Crippen LogP contribution in [0.5, 0.6) is 5.75 Å². The number of benzene rings is 1.